The van der Waals surface area contributed by atoms with Crippen molar-refractivity contribution < 1.29 is 9.59 Å². The maximum atomic E-state index is 12.2. The summed E-state index contributed by atoms with van der Waals surface area (Å²) in [6.07, 6.45) is 6.73. The SMILES string of the molecule is C=CC(=O)N1CC2(CCN(c3nc4c(c(NC(CC(=O)NC)CC(C)C)n3)CCC(C)(C)C4)C2)C1. The molecule has 2 saturated heterocycles. The number of carbonyl (C=O) groups is 2. The normalized spacial score (nSPS) is 20.9. The molecule has 2 amide bonds. The van der Waals surface area contributed by atoms with Gasteiger partial charge in [0.15, 0.2) is 0 Å². The molecule has 1 aromatic heterocycles. The van der Waals surface area contributed by atoms with Crippen molar-refractivity contribution >= 4 is 23.6 Å². The zero-order valence-corrected chi connectivity index (χ0v) is 22.1. The van der Waals surface area contributed by atoms with Crippen molar-refractivity contribution in [2.45, 2.75) is 72.3 Å². The molecule has 1 atom stereocenters. The highest BCUT2D eigenvalue weighted by Gasteiger charge is 2.49. The molecule has 192 valence electrons. The van der Waals surface area contributed by atoms with Crippen LogP contribution in [0.3, 0.4) is 0 Å². The molecule has 8 nitrogen and oxygen atoms in total. The molecule has 35 heavy (non-hydrogen) atoms. The van der Waals surface area contributed by atoms with Crippen LogP contribution in [-0.2, 0) is 22.4 Å². The van der Waals surface area contributed by atoms with E-state index in [-0.39, 0.29) is 28.7 Å². The van der Waals surface area contributed by atoms with Gasteiger partial charge in [-0.2, -0.15) is 4.98 Å². The summed E-state index contributed by atoms with van der Waals surface area (Å²) in [4.78, 5) is 38.5. The summed E-state index contributed by atoms with van der Waals surface area (Å²) < 4.78 is 0. The van der Waals surface area contributed by atoms with Crippen LogP contribution in [0.25, 0.3) is 0 Å². The Hall–Kier alpha value is -2.64. The number of fused-ring (bicyclic) bond motifs is 1. The summed E-state index contributed by atoms with van der Waals surface area (Å²) >= 11 is 0. The van der Waals surface area contributed by atoms with E-state index in [4.69, 9.17) is 9.97 Å². The Morgan fingerprint density at radius 1 is 1.17 bits per heavy atom. The van der Waals surface area contributed by atoms with Gasteiger partial charge in [0, 0.05) is 56.7 Å². The lowest BCUT2D eigenvalue weighted by Crippen LogP contribution is -2.59. The molecule has 1 spiro atoms. The van der Waals surface area contributed by atoms with Crippen LogP contribution in [0, 0.1) is 16.7 Å². The van der Waals surface area contributed by atoms with Gasteiger partial charge in [-0.15, -0.1) is 0 Å². The number of likely N-dealkylation sites (tertiary alicyclic amines) is 1. The van der Waals surface area contributed by atoms with Gasteiger partial charge in [0.25, 0.3) is 0 Å². The molecule has 0 bridgehead atoms. The van der Waals surface area contributed by atoms with Gasteiger partial charge < -0.3 is 20.4 Å². The first kappa shape index (κ1) is 25.5. The van der Waals surface area contributed by atoms with Crippen LogP contribution in [0.2, 0.25) is 0 Å². The lowest BCUT2D eigenvalue weighted by atomic mass is 9.76. The van der Waals surface area contributed by atoms with E-state index in [1.54, 1.807) is 7.05 Å². The summed E-state index contributed by atoms with van der Waals surface area (Å²) in [5.41, 5.74) is 2.68. The molecule has 2 N–H and O–H groups in total. The molecular formula is C27H42N6O2. The molecule has 1 unspecified atom stereocenters. The second-order valence-corrected chi connectivity index (χ2v) is 12.1. The largest absolute Gasteiger partial charge is 0.366 e. The molecule has 2 aliphatic heterocycles. The minimum Gasteiger partial charge on any atom is -0.366 e. The third-order valence-electron chi connectivity index (χ3n) is 7.85. The van der Waals surface area contributed by atoms with Crippen molar-refractivity contribution in [3.05, 3.63) is 23.9 Å². The number of nitrogens with one attached hydrogen (secondary N) is 2. The first-order chi connectivity index (χ1) is 16.5. The van der Waals surface area contributed by atoms with E-state index in [0.717, 1.165) is 75.7 Å². The number of aromatic nitrogens is 2. The van der Waals surface area contributed by atoms with Gasteiger partial charge in [0.05, 0.1) is 5.69 Å². The second-order valence-electron chi connectivity index (χ2n) is 12.1. The average Bonchev–Trinajstić information content (AvgIpc) is 3.22. The fourth-order valence-electron chi connectivity index (χ4n) is 5.89. The first-order valence-corrected chi connectivity index (χ1v) is 13.1. The maximum Gasteiger partial charge on any atom is 0.245 e. The van der Waals surface area contributed by atoms with E-state index in [1.165, 1.54) is 11.6 Å². The number of hydrogen-bond acceptors (Lipinski definition) is 6. The van der Waals surface area contributed by atoms with E-state index < -0.39 is 0 Å². The van der Waals surface area contributed by atoms with E-state index >= 15 is 0 Å². The lowest BCUT2D eigenvalue weighted by Gasteiger charge is -2.47. The second kappa shape index (κ2) is 9.78. The van der Waals surface area contributed by atoms with Crippen molar-refractivity contribution in [3.8, 4) is 0 Å². The highest BCUT2D eigenvalue weighted by Crippen LogP contribution is 2.42. The summed E-state index contributed by atoms with van der Waals surface area (Å²) in [6, 6.07) is 0.0202. The van der Waals surface area contributed by atoms with Crippen LogP contribution in [0.5, 0.6) is 0 Å². The predicted molar refractivity (Wildman–Crippen MR) is 139 cm³/mol. The summed E-state index contributed by atoms with van der Waals surface area (Å²) in [7, 11) is 1.69. The summed E-state index contributed by atoms with van der Waals surface area (Å²) in [5.74, 6) is 2.19. The van der Waals surface area contributed by atoms with Gasteiger partial charge in [0.1, 0.15) is 5.82 Å². The number of hydrogen-bond donors (Lipinski definition) is 2. The van der Waals surface area contributed by atoms with Crippen LogP contribution in [0.1, 0.15) is 64.6 Å². The molecule has 8 heteroatoms. The van der Waals surface area contributed by atoms with Gasteiger partial charge in [-0.1, -0.05) is 34.3 Å². The fraction of sp³-hybridized carbons (Fsp3) is 0.704. The molecule has 0 aromatic carbocycles. The Morgan fingerprint density at radius 2 is 1.91 bits per heavy atom. The van der Waals surface area contributed by atoms with E-state index in [9.17, 15) is 9.59 Å². The van der Waals surface area contributed by atoms with Crippen molar-refractivity contribution in [2.24, 2.45) is 16.7 Å². The molecule has 3 heterocycles. The Balaban J connectivity index is 1.59. The Bertz CT molecular complexity index is 982. The van der Waals surface area contributed by atoms with Gasteiger partial charge in [-0.25, -0.2) is 4.98 Å². The number of anilines is 2. The quantitative estimate of drug-likeness (QED) is 0.553. The van der Waals surface area contributed by atoms with Crippen molar-refractivity contribution in [2.75, 3.05) is 43.4 Å². The average molecular weight is 483 g/mol. The molecule has 4 rings (SSSR count). The zero-order valence-electron chi connectivity index (χ0n) is 22.1. The van der Waals surface area contributed by atoms with Crippen LogP contribution in [-0.4, -0.2) is 66.0 Å². The predicted octanol–water partition coefficient (Wildman–Crippen LogP) is 3.18. The van der Waals surface area contributed by atoms with E-state index in [2.05, 4.69) is 49.8 Å². The number of amides is 2. The number of nitrogens with zero attached hydrogens (tertiary/aromatic N) is 4. The number of carbonyl (C=O) groups excluding carboxylic acids is 2. The van der Waals surface area contributed by atoms with Gasteiger partial charge in [0.2, 0.25) is 17.8 Å². The molecule has 1 aromatic rings. The van der Waals surface area contributed by atoms with Gasteiger partial charge in [-0.3, -0.25) is 9.59 Å². The highest BCUT2D eigenvalue weighted by molar-refractivity contribution is 5.87. The number of rotatable bonds is 8. The van der Waals surface area contributed by atoms with Crippen molar-refractivity contribution in [1.29, 1.82) is 0 Å². The van der Waals surface area contributed by atoms with Crippen molar-refractivity contribution in [3.63, 3.8) is 0 Å². The standard InChI is InChI=1S/C27H42N6O2/c1-7-23(35)33-16-27(17-33)10-11-32(15-27)25-30-21-14-26(4,5)9-8-20(21)24(31-25)29-19(12-18(2)3)13-22(34)28-6/h7,18-19H,1,8-17H2,2-6H3,(H,28,34)(H,29,30,31). The smallest absolute Gasteiger partial charge is 0.245 e. The third-order valence-corrected chi connectivity index (χ3v) is 7.85. The summed E-state index contributed by atoms with van der Waals surface area (Å²) in [6.45, 7) is 15.9. The highest BCUT2D eigenvalue weighted by atomic mass is 16.2. The first-order valence-electron chi connectivity index (χ1n) is 13.1. The Kier molecular flexibility index (Phi) is 7.11. The molecular weight excluding hydrogens is 440 g/mol. The van der Waals surface area contributed by atoms with Gasteiger partial charge >= 0.3 is 0 Å². The summed E-state index contributed by atoms with van der Waals surface area (Å²) in [5, 5.41) is 6.44. The fourth-order valence-corrected chi connectivity index (χ4v) is 5.89. The Labute approximate surface area is 209 Å². The Morgan fingerprint density at radius 3 is 2.57 bits per heavy atom. The third kappa shape index (κ3) is 5.62. The molecule has 1 aliphatic carbocycles. The van der Waals surface area contributed by atoms with Crippen LogP contribution in [0.4, 0.5) is 11.8 Å². The molecule has 0 saturated carbocycles. The topological polar surface area (TPSA) is 90.5 Å². The van der Waals surface area contributed by atoms with Crippen molar-refractivity contribution in [1.82, 2.24) is 20.2 Å². The minimum absolute atomic E-state index is 0.0140. The zero-order chi connectivity index (χ0) is 25.4. The monoisotopic (exact) mass is 482 g/mol. The van der Waals surface area contributed by atoms with Gasteiger partial charge in [-0.05, 0) is 49.5 Å². The van der Waals surface area contributed by atoms with E-state index in [1.807, 2.05) is 4.90 Å². The van der Waals surface area contributed by atoms with Crippen LogP contribution >= 0.6 is 0 Å². The minimum atomic E-state index is 0.0140. The lowest BCUT2D eigenvalue weighted by molar-refractivity contribution is -0.136. The maximum absolute atomic E-state index is 12.2. The van der Waals surface area contributed by atoms with Crippen LogP contribution < -0.4 is 15.5 Å². The molecule has 2 fully saturated rings. The molecule has 3 aliphatic rings. The van der Waals surface area contributed by atoms with Crippen LogP contribution in [0.15, 0.2) is 12.7 Å². The molecule has 0 radical (unpaired) electrons. The van der Waals surface area contributed by atoms with E-state index in [0.29, 0.717) is 12.3 Å².